The molecule has 2 aromatic heterocycles. The van der Waals surface area contributed by atoms with Crippen molar-refractivity contribution in [1.29, 1.82) is 0 Å². The van der Waals surface area contributed by atoms with E-state index in [4.69, 9.17) is 11.6 Å². The van der Waals surface area contributed by atoms with E-state index >= 15 is 0 Å². The Hall–Kier alpha value is -2.89. The van der Waals surface area contributed by atoms with Crippen molar-refractivity contribution in [2.45, 2.75) is 11.1 Å². The van der Waals surface area contributed by atoms with Gasteiger partial charge in [-0.25, -0.2) is 18.1 Å². The van der Waals surface area contributed by atoms with Crippen LogP contribution in [0.4, 0.5) is 18.9 Å². The molecule has 0 unspecified atom stereocenters. The predicted octanol–water partition coefficient (Wildman–Crippen LogP) is 3.48. The van der Waals surface area contributed by atoms with E-state index in [2.05, 4.69) is 10.3 Å². The SMILES string of the molecule is O=C(/C=C/c1c(Cl)nc2ccccn12)Nc1ccc(S(=O)(=O)NCC(F)(F)F)cc1. The van der Waals surface area contributed by atoms with Gasteiger partial charge in [0.2, 0.25) is 15.9 Å². The van der Waals surface area contributed by atoms with Gasteiger partial charge in [0.15, 0.2) is 5.15 Å². The smallest absolute Gasteiger partial charge is 0.323 e. The summed E-state index contributed by atoms with van der Waals surface area (Å²) in [6.07, 6.45) is -0.246. The molecular formula is C18H14ClF3N4O3S. The van der Waals surface area contributed by atoms with Crippen molar-refractivity contribution in [1.82, 2.24) is 14.1 Å². The Morgan fingerprint density at radius 1 is 1.17 bits per heavy atom. The average Bonchev–Trinajstić information content (AvgIpc) is 3.00. The van der Waals surface area contributed by atoms with Gasteiger partial charge in [0.25, 0.3) is 0 Å². The zero-order valence-electron chi connectivity index (χ0n) is 15.0. The molecule has 0 atom stereocenters. The first-order valence-electron chi connectivity index (χ1n) is 8.33. The maximum Gasteiger partial charge on any atom is 0.402 e. The zero-order chi connectivity index (χ0) is 21.9. The Bertz CT molecular complexity index is 1210. The highest BCUT2D eigenvalue weighted by molar-refractivity contribution is 7.89. The van der Waals surface area contributed by atoms with Crippen LogP contribution in [0.15, 0.2) is 59.6 Å². The van der Waals surface area contributed by atoms with Crippen LogP contribution in [-0.4, -0.2) is 36.4 Å². The van der Waals surface area contributed by atoms with Crippen LogP contribution in [0.2, 0.25) is 5.15 Å². The fraction of sp³-hybridized carbons (Fsp3) is 0.111. The van der Waals surface area contributed by atoms with E-state index in [1.54, 1.807) is 28.8 Å². The number of imidazole rings is 1. The molecule has 0 spiro atoms. The summed E-state index contributed by atoms with van der Waals surface area (Å²) in [6, 6.07) is 10.0. The number of sulfonamides is 1. The van der Waals surface area contributed by atoms with E-state index in [0.29, 0.717) is 11.3 Å². The second-order valence-electron chi connectivity index (χ2n) is 6.00. The van der Waals surface area contributed by atoms with Crippen LogP contribution in [0, 0.1) is 0 Å². The number of carbonyl (C=O) groups is 1. The minimum Gasteiger partial charge on any atom is -0.323 e. The molecule has 0 saturated heterocycles. The number of hydrogen-bond acceptors (Lipinski definition) is 4. The Morgan fingerprint density at radius 2 is 1.87 bits per heavy atom. The lowest BCUT2D eigenvalue weighted by molar-refractivity contribution is -0.121. The van der Waals surface area contributed by atoms with Gasteiger partial charge in [-0.3, -0.25) is 9.20 Å². The molecule has 0 bridgehead atoms. The van der Waals surface area contributed by atoms with Crippen LogP contribution in [0.25, 0.3) is 11.7 Å². The van der Waals surface area contributed by atoms with E-state index in [9.17, 15) is 26.4 Å². The molecular weight excluding hydrogens is 445 g/mol. The fourth-order valence-electron chi connectivity index (χ4n) is 2.45. The highest BCUT2D eigenvalue weighted by Crippen LogP contribution is 2.20. The first-order valence-corrected chi connectivity index (χ1v) is 10.2. The normalized spacial score (nSPS) is 12.5. The lowest BCUT2D eigenvalue weighted by Crippen LogP contribution is -2.33. The third kappa shape index (κ3) is 5.38. The summed E-state index contributed by atoms with van der Waals surface area (Å²) in [5, 5.41) is 2.73. The Morgan fingerprint density at radius 3 is 2.53 bits per heavy atom. The average molecular weight is 459 g/mol. The molecule has 0 radical (unpaired) electrons. The molecule has 3 rings (SSSR count). The van der Waals surface area contributed by atoms with Gasteiger partial charge >= 0.3 is 6.18 Å². The van der Waals surface area contributed by atoms with Crippen molar-refractivity contribution in [3.63, 3.8) is 0 Å². The maximum atomic E-state index is 12.2. The van der Waals surface area contributed by atoms with Gasteiger partial charge in [-0.1, -0.05) is 17.7 Å². The number of amides is 1. The second-order valence-corrected chi connectivity index (χ2v) is 8.13. The van der Waals surface area contributed by atoms with Crippen LogP contribution in [0.1, 0.15) is 5.69 Å². The summed E-state index contributed by atoms with van der Waals surface area (Å²) in [5.74, 6) is -0.525. The molecule has 7 nitrogen and oxygen atoms in total. The quantitative estimate of drug-likeness (QED) is 0.553. The predicted molar refractivity (Wildman–Crippen MR) is 106 cm³/mol. The van der Waals surface area contributed by atoms with Gasteiger partial charge in [0.1, 0.15) is 12.2 Å². The lowest BCUT2D eigenvalue weighted by Gasteiger charge is -2.10. The van der Waals surface area contributed by atoms with Crippen molar-refractivity contribution >= 4 is 44.9 Å². The van der Waals surface area contributed by atoms with Gasteiger partial charge in [0.05, 0.1) is 10.6 Å². The van der Waals surface area contributed by atoms with E-state index in [1.807, 2.05) is 0 Å². The number of rotatable bonds is 6. The van der Waals surface area contributed by atoms with Gasteiger partial charge in [-0.15, -0.1) is 0 Å². The van der Waals surface area contributed by atoms with Crippen LogP contribution >= 0.6 is 11.6 Å². The number of pyridine rings is 1. The van der Waals surface area contributed by atoms with Crippen molar-refractivity contribution in [2.75, 3.05) is 11.9 Å². The fourth-order valence-corrected chi connectivity index (χ4v) is 3.71. The molecule has 1 amide bonds. The number of aromatic nitrogens is 2. The molecule has 2 heterocycles. The lowest BCUT2D eigenvalue weighted by atomic mass is 10.3. The number of nitrogens with one attached hydrogen (secondary N) is 2. The first-order chi connectivity index (χ1) is 14.0. The summed E-state index contributed by atoms with van der Waals surface area (Å²) >= 11 is 6.08. The van der Waals surface area contributed by atoms with E-state index in [1.165, 1.54) is 29.0 Å². The zero-order valence-corrected chi connectivity index (χ0v) is 16.6. The van der Waals surface area contributed by atoms with Crippen LogP contribution in [0.3, 0.4) is 0 Å². The number of hydrogen-bond donors (Lipinski definition) is 2. The Balaban J connectivity index is 1.67. The van der Waals surface area contributed by atoms with Gasteiger partial charge in [-0.2, -0.15) is 13.2 Å². The molecule has 1 aromatic carbocycles. The van der Waals surface area contributed by atoms with E-state index in [-0.39, 0.29) is 15.7 Å². The molecule has 2 N–H and O–H groups in total. The maximum absolute atomic E-state index is 12.2. The molecule has 0 fully saturated rings. The number of benzene rings is 1. The summed E-state index contributed by atoms with van der Waals surface area (Å²) in [5.41, 5.74) is 1.36. The molecule has 30 heavy (non-hydrogen) atoms. The molecule has 158 valence electrons. The summed E-state index contributed by atoms with van der Waals surface area (Å²) < 4.78 is 63.5. The van der Waals surface area contributed by atoms with Gasteiger partial charge in [0, 0.05) is 18.0 Å². The molecule has 0 aliphatic rings. The van der Waals surface area contributed by atoms with E-state index < -0.39 is 28.7 Å². The van der Waals surface area contributed by atoms with Gasteiger partial charge in [-0.05, 0) is 42.5 Å². The Labute approximate surface area is 174 Å². The standard InChI is InChI=1S/C18H14ClF3N4O3S/c19-17-14(26-10-2-1-3-15(26)25-17)8-9-16(27)24-12-4-6-13(7-5-12)30(28,29)23-11-18(20,21)22/h1-10,23H,11H2,(H,24,27)/b9-8+. The number of anilines is 1. The van der Waals surface area contributed by atoms with Crippen LogP contribution in [-0.2, 0) is 14.8 Å². The third-order valence-corrected chi connectivity index (χ3v) is 5.50. The summed E-state index contributed by atoms with van der Waals surface area (Å²) in [7, 11) is -4.33. The van der Waals surface area contributed by atoms with Crippen molar-refractivity contribution in [3.8, 4) is 0 Å². The number of carbonyl (C=O) groups excluding carboxylic acids is 1. The van der Waals surface area contributed by atoms with Crippen molar-refractivity contribution < 1.29 is 26.4 Å². The van der Waals surface area contributed by atoms with Crippen LogP contribution < -0.4 is 10.0 Å². The largest absolute Gasteiger partial charge is 0.402 e. The number of halogens is 4. The molecule has 3 aromatic rings. The second kappa shape index (κ2) is 8.46. The summed E-state index contributed by atoms with van der Waals surface area (Å²) in [6.45, 7) is -1.68. The number of fused-ring (bicyclic) bond motifs is 1. The van der Waals surface area contributed by atoms with Crippen molar-refractivity contribution in [3.05, 3.63) is 65.6 Å². The third-order valence-electron chi connectivity index (χ3n) is 3.81. The highest BCUT2D eigenvalue weighted by atomic mass is 35.5. The highest BCUT2D eigenvalue weighted by Gasteiger charge is 2.30. The minimum absolute atomic E-state index is 0.214. The minimum atomic E-state index is -4.67. The van der Waals surface area contributed by atoms with Gasteiger partial charge < -0.3 is 5.32 Å². The molecule has 0 aliphatic carbocycles. The Kier molecular flexibility index (Phi) is 6.15. The monoisotopic (exact) mass is 458 g/mol. The first kappa shape index (κ1) is 21.8. The molecule has 0 aliphatic heterocycles. The van der Waals surface area contributed by atoms with Crippen molar-refractivity contribution in [2.24, 2.45) is 0 Å². The number of nitrogens with zero attached hydrogens (tertiary/aromatic N) is 2. The summed E-state index contributed by atoms with van der Waals surface area (Å²) in [4.78, 5) is 15.9. The van der Waals surface area contributed by atoms with E-state index in [0.717, 1.165) is 12.1 Å². The number of alkyl halides is 3. The molecule has 0 saturated carbocycles. The molecule has 12 heteroatoms. The van der Waals surface area contributed by atoms with Crippen LogP contribution in [0.5, 0.6) is 0 Å². The topological polar surface area (TPSA) is 92.6 Å².